The van der Waals surface area contributed by atoms with Crippen LogP contribution in [0, 0.1) is 17.8 Å². The van der Waals surface area contributed by atoms with E-state index < -0.39 is 12.0 Å². The summed E-state index contributed by atoms with van der Waals surface area (Å²) in [6, 6.07) is -0.949. The molecule has 5 heteroatoms. The van der Waals surface area contributed by atoms with Crippen molar-refractivity contribution in [2.75, 3.05) is 6.61 Å². The van der Waals surface area contributed by atoms with Gasteiger partial charge in [-0.1, -0.05) is 12.8 Å². The van der Waals surface area contributed by atoms with E-state index in [2.05, 4.69) is 5.32 Å². The molecule has 3 atom stereocenters. The van der Waals surface area contributed by atoms with Gasteiger partial charge in [0.2, 0.25) is 5.91 Å². The van der Waals surface area contributed by atoms with Crippen molar-refractivity contribution in [3.63, 3.8) is 0 Å². The predicted molar refractivity (Wildman–Crippen MR) is 60.2 cm³/mol. The third kappa shape index (κ3) is 2.60. The smallest absolute Gasteiger partial charge is 0.326 e. The zero-order chi connectivity index (χ0) is 12.4. The highest BCUT2D eigenvalue weighted by Gasteiger charge is 2.54. The number of hydrogen-bond donors (Lipinski definition) is 3. The van der Waals surface area contributed by atoms with Gasteiger partial charge in [0, 0.05) is 18.9 Å². The molecule has 2 aliphatic rings. The van der Waals surface area contributed by atoms with Gasteiger partial charge in [0.15, 0.2) is 0 Å². The number of carboxylic acid groups (broad SMARTS) is 1. The maximum Gasteiger partial charge on any atom is 0.326 e. The van der Waals surface area contributed by atoms with Gasteiger partial charge in [-0.3, -0.25) is 4.79 Å². The first-order valence-electron chi connectivity index (χ1n) is 6.29. The van der Waals surface area contributed by atoms with Gasteiger partial charge in [-0.15, -0.1) is 0 Å². The number of rotatable bonds is 5. The highest BCUT2D eigenvalue weighted by molar-refractivity contribution is 5.87. The number of hydrogen-bond acceptors (Lipinski definition) is 3. The standard InChI is InChI=1S/C12H19NO4/c14-6-5-9(12(16)17)13-11(15)10-7-3-1-2-4-8(7)10/h7-10,14H,1-6H2,(H,13,15)(H,16,17)/t7?,8?,9-,10?/m0/s1. The molecule has 0 spiro atoms. The van der Waals surface area contributed by atoms with Crippen LogP contribution < -0.4 is 5.32 Å². The van der Waals surface area contributed by atoms with Crippen molar-refractivity contribution in [2.45, 2.75) is 38.1 Å². The molecule has 96 valence electrons. The predicted octanol–water partition coefficient (Wildman–Crippen LogP) is 0.374. The number of fused-ring (bicyclic) bond motifs is 1. The van der Waals surface area contributed by atoms with E-state index in [0.717, 1.165) is 12.8 Å². The Hall–Kier alpha value is -1.10. The van der Waals surface area contributed by atoms with Crippen molar-refractivity contribution >= 4 is 11.9 Å². The molecule has 0 aromatic carbocycles. The van der Waals surface area contributed by atoms with Crippen LogP contribution in [0.2, 0.25) is 0 Å². The Morgan fingerprint density at radius 1 is 1.24 bits per heavy atom. The third-order valence-corrected chi connectivity index (χ3v) is 3.99. The van der Waals surface area contributed by atoms with Gasteiger partial charge in [0.05, 0.1) is 0 Å². The van der Waals surface area contributed by atoms with Crippen LogP contribution in [0.15, 0.2) is 0 Å². The second-order valence-electron chi connectivity index (χ2n) is 5.05. The summed E-state index contributed by atoms with van der Waals surface area (Å²) in [6.45, 7) is -0.227. The van der Waals surface area contributed by atoms with Gasteiger partial charge in [-0.05, 0) is 24.7 Å². The van der Waals surface area contributed by atoms with Crippen LogP contribution in [0.5, 0.6) is 0 Å². The van der Waals surface area contributed by atoms with Crippen LogP contribution in [0.1, 0.15) is 32.1 Å². The van der Waals surface area contributed by atoms with E-state index in [1.807, 2.05) is 0 Å². The lowest BCUT2D eigenvalue weighted by atomic mass is 10.0. The molecular weight excluding hydrogens is 222 g/mol. The van der Waals surface area contributed by atoms with E-state index in [9.17, 15) is 9.59 Å². The van der Waals surface area contributed by atoms with Crippen molar-refractivity contribution in [1.82, 2.24) is 5.32 Å². The molecule has 0 heterocycles. The first kappa shape index (κ1) is 12.4. The summed E-state index contributed by atoms with van der Waals surface area (Å²) < 4.78 is 0. The average Bonchev–Trinajstić information content (AvgIpc) is 3.02. The van der Waals surface area contributed by atoms with Crippen molar-refractivity contribution in [1.29, 1.82) is 0 Å². The first-order chi connectivity index (χ1) is 8.15. The average molecular weight is 241 g/mol. The van der Waals surface area contributed by atoms with Crippen LogP contribution >= 0.6 is 0 Å². The van der Waals surface area contributed by atoms with Crippen LogP contribution in [0.4, 0.5) is 0 Å². The number of amides is 1. The number of aliphatic hydroxyl groups excluding tert-OH is 1. The quantitative estimate of drug-likeness (QED) is 0.649. The Bertz CT molecular complexity index is 306. The Kier molecular flexibility index (Phi) is 3.66. The number of nitrogens with one attached hydrogen (secondary N) is 1. The van der Waals surface area contributed by atoms with Gasteiger partial charge in [-0.2, -0.15) is 0 Å². The van der Waals surface area contributed by atoms with Crippen LogP contribution in [0.25, 0.3) is 0 Å². The molecule has 2 fully saturated rings. The SMILES string of the molecule is O=C(N[C@@H](CCO)C(=O)O)C1C2CCCCC21. The molecule has 2 saturated carbocycles. The molecule has 0 aromatic heterocycles. The van der Waals surface area contributed by atoms with E-state index in [4.69, 9.17) is 10.2 Å². The summed E-state index contributed by atoms with van der Waals surface area (Å²) in [6.07, 6.45) is 4.64. The number of carbonyl (C=O) groups is 2. The highest BCUT2D eigenvalue weighted by Crippen LogP contribution is 2.55. The van der Waals surface area contributed by atoms with Gasteiger partial charge in [0.25, 0.3) is 0 Å². The summed E-state index contributed by atoms with van der Waals surface area (Å²) in [5.74, 6) is -0.226. The number of aliphatic hydroxyl groups is 1. The molecule has 17 heavy (non-hydrogen) atoms. The molecule has 3 N–H and O–H groups in total. The molecule has 2 unspecified atom stereocenters. The summed E-state index contributed by atoms with van der Waals surface area (Å²) in [7, 11) is 0. The number of aliphatic carboxylic acids is 1. The van der Waals surface area contributed by atoms with Gasteiger partial charge < -0.3 is 15.5 Å². The molecule has 0 bridgehead atoms. The summed E-state index contributed by atoms with van der Waals surface area (Å²) in [5.41, 5.74) is 0. The lowest BCUT2D eigenvalue weighted by molar-refractivity contribution is -0.142. The van der Waals surface area contributed by atoms with Crippen molar-refractivity contribution in [3.8, 4) is 0 Å². The summed E-state index contributed by atoms with van der Waals surface area (Å²) in [4.78, 5) is 22.8. The van der Waals surface area contributed by atoms with Crippen molar-refractivity contribution < 1.29 is 19.8 Å². The summed E-state index contributed by atoms with van der Waals surface area (Å²) in [5, 5.41) is 20.2. The van der Waals surface area contributed by atoms with Crippen LogP contribution in [-0.2, 0) is 9.59 Å². The zero-order valence-electron chi connectivity index (χ0n) is 9.76. The lowest BCUT2D eigenvalue weighted by Gasteiger charge is -2.13. The molecule has 5 nitrogen and oxygen atoms in total. The second-order valence-corrected chi connectivity index (χ2v) is 5.05. The second kappa shape index (κ2) is 5.04. The fourth-order valence-corrected chi connectivity index (χ4v) is 3.04. The molecule has 1 amide bonds. The molecule has 0 saturated heterocycles. The number of carboxylic acids is 1. The minimum absolute atomic E-state index is 0.0260. The van der Waals surface area contributed by atoms with Gasteiger partial charge in [0.1, 0.15) is 6.04 Å². The van der Waals surface area contributed by atoms with E-state index >= 15 is 0 Å². The zero-order valence-corrected chi connectivity index (χ0v) is 9.76. The van der Waals surface area contributed by atoms with E-state index in [0.29, 0.717) is 11.8 Å². The van der Waals surface area contributed by atoms with Crippen LogP contribution in [0.3, 0.4) is 0 Å². The maximum absolute atomic E-state index is 11.9. The molecule has 0 aliphatic heterocycles. The Balaban J connectivity index is 1.86. The topological polar surface area (TPSA) is 86.6 Å². The van der Waals surface area contributed by atoms with E-state index in [1.165, 1.54) is 12.8 Å². The Morgan fingerprint density at radius 3 is 2.29 bits per heavy atom. The maximum atomic E-state index is 11.9. The molecule has 0 radical (unpaired) electrons. The lowest BCUT2D eigenvalue weighted by Crippen LogP contribution is -2.42. The normalized spacial score (nSPS) is 32.4. The number of carbonyl (C=O) groups excluding carboxylic acids is 1. The summed E-state index contributed by atoms with van der Waals surface area (Å²) >= 11 is 0. The Labute approximate surface area is 100 Å². The molecular formula is C12H19NO4. The fourth-order valence-electron chi connectivity index (χ4n) is 3.04. The fraction of sp³-hybridized carbons (Fsp3) is 0.833. The minimum Gasteiger partial charge on any atom is -0.480 e. The third-order valence-electron chi connectivity index (χ3n) is 3.99. The largest absolute Gasteiger partial charge is 0.480 e. The monoisotopic (exact) mass is 241 g/mol. The Morgan fingerprint density at radius 2 is 1.82 bits per heavy atom. The van der Waals surface area contributed by atoms with Gasteiger partial charge >= 0.3 is 5.97 Å². The molecule has 0 aromatic rings. The first-order valence-corrected chi connectivity index (χ1v) is 6.29. The van der Waals surface area contributed by atoms with Crippen molar-refractivity contribution in [2.24, 2.45) is 17.8 Å². The highest BCUT2D eigenvalue weighted by atomic mass is 16.4. The minimum atomic E-state index is -1.07. The van der Waals surface area contributed by atoms with E-state index in [1.54, 1.807) is 0 Å². The molecule has 2 aliphatic carbocycles. The van der Waals surface area contributed by atoms with Crippen molar-refractivity contribution in [3.05, 3.63) is 0 Å². The van der Waals surface area contributed by atoms with E-state index in [-0.39, 0.29) is 24.9 Å². The molecule has 2 rings (SSSR count). The van der Waals surface area contributed by atoms with Gasteiger partial charge in [-0.25, -0.2) is 4.79 Å². The van der Waals surface area contributed by atoms with Crippen LogP contribution in [-0.4, -0.2) is 34.7 Å².